The summed E-state index contributed by atoms with van der Waals surface area (Å²) >= 11 is 0. The lowest BCUT2D eigenvalue weighted by molar-refractivity contribution is 0.0937. The van der Waals surface area contributed by atoms with Gasteiger partial charge in [-0.2, -0.15) is 0 Å². The second-order valence-electron chi connectivity index (χ2n) is 6.09. The van der Waals surface area contributed by atoms with E-state index in [1.54, 1.807) is 6.92 Å². The number of nitrogens with zero attached hydrogens (tertiary/aromatic N) is 1. The van der Waals surface area contributed by atoms with Crippen molar-refractivity contribution in [1.82, 2.24) is 10.5 Å². The normalized spacial score (nSPS) is 13.6. The van der Waals surface area contributed by atoms with E-state index in [-0.39, 0.29) is 11.9 Å². The molecular weight excluding hydrogens is 288 g/mol. The van der Waals surface area contributed by atoms with Crippen LogP contribution in [0.2, 0.25) is 0 Å². The molecule has 124 valence electrons. The fraction of sp³-hybridized carbons (Fsp3) is 0.474. The molecule has 0 aliphatic heterocycles. The summed E-state index contributed by atoms with van der Waals surface area (Å²) in [6.45, 7) is 10.1. The molecule has 0 saturated carbocycles. The third kappa shape index (κ3) is 3.81. The second-order valence-corrected chi connectivity index (χ2v) is 6.09. The van der Waals surface area contributed by atoms with Gasteiger partial charge in [-0.1, -0.05) is 50.2 Å². The number of hydrogen-bond donors (Lipinski definition) is 1. The van der Waals surface area contributed by atoms with Crippen LogP contribution in [0.1, 0.15) is 79.0 Å². The van der Waals surface area contributed by atoms with Crippen LogP contribution in [0.5, 0.6) is 0 Å². The summed E-state index contributed by atoms with van der Waals surface area (Å²) in [6.07, 6.45) is 1.80. The first-order chi connectivity index (χ1) is 11.0. The van der Waals surface area contributed by atoms with Crippen LogP contribution in [-0.4, -0.2) is 11.1 Å². The predicted molar refractivity (Wildman–Crippen MR) is 91.6 cm³/mol. The summed E-state index contributed by atoms with van der Waals surface area (Å²) in [7, 11) is 0. The Bertz CT molecular complexity index is 659. The van der Waals surface area contributed by atoms with Gasteiger partial charge in [0.25, 0.3) is 5.91 Å². The zero-order chi connectivity index (χ0) is 17.0. The maximum Gasteiger partial charge on any atom is 0.257 e. The monoisotopic (exact) mass is 314 g/mol. The van der Waals surface area contributed by atoms with Gasteiger partial charge in [0.05, 0.1) is 11.7 Å². The third-order valence-electron chi connectivity index (χ3n) is 4.46. The highest BCUT2D eigenvalue weighted by Crippen LogP contribution is 2.22. The first-order valence-electron chi connectivity index (χ1n) is 8.33. The van der Waals surface area contributed by atoms with Gasteiger partial charge in [0.2, 0.25) is 0 Å². The standard InChI is InChI=1S/C19H26N2O2/c1-6-12(3)15-8-10-16(11-9-15)13(4)20-19(22)18-14(5)23-21-17(18)7-2/h8-13H,6-7H2,1-5H3,(H,20,22)/t12-,13+/m1/s1. The van der Waals surface area contributed by atoms with Crippen molar-refractivity contribution >= 4 is 5.91 Å². The van der Waals surface area contributed by atoms with Crippen molar-refractivity contribution in [1.29, 1.82) is 0 Å². The van der Waals surface area contributed by atoms with Gasteiger partial charge in [-0.15, -0.1) is 0 Å². The van der Waals surface area contributed by atoms with Crippen LogP contribution in [0.3, 0.4) is 0 Å². The molecule has 1 aromatic carbocycles. The van der Waals surface area contributed by atoms with Gasteiger partial charge in [0, 0.05) is 0 Å². The molecule has 4 nitrogen and oxygen atoms in total. The van der Waals surface area contributed by atoms with E-state index in [9.17, 15) is 4.79 Å². The quantitative estimate of drug-likeness (QED) is 0.851. The molecule has 0 aliphatic rings. The minimum Gasteiger partial charge on any atom is -0.361 e. The first-order valence-corrected chi connectivity index (χ1v) is 8.33. The van der Waals surface area contributed by atoms with E-state index in [0.717, 1.165) is 12.0 Å². The molecule has 0 aliphatic carbocycles. The smallest absolute Gasteiger partial charge is 0.257 e. The zero-order valence-corrected chi connectivity index (χ0v) is 14.6. The summed E-state index contributed by atoms with van der Waals surface area (Å²) in [5.41, 5.74) is 3.70. The Morgan fingerprint density at radius 1 is 1.17 bits per heavy atom. The number of carbonyl (C=O) groups excluding carboxylic acids is 1. The summed E-state index contributed by atoms with van der Waals surface area (Å²) in [5, 5.41) is 6.98. The van der Waals surface area contributed by atoms with Crippen molar-refractivity contribution in [3.63, 3.8) is 0 Å². The molecule has 4 heteroatoms. The fourth-order valence-electron chi connectivity index (χ4n) is 2.65. The third-order valence-corrected chi connectivity index (χ3v) is 4.46. The predicted octanol–water partition coefficient (Wildman–Crippen LogP) is 4.55. The molecular formula is C19H26N2O2. The van der Waals surface area contributed by atoms with Crippen LogP contribution >= 0.6 is 0 Å². The number of nitrogens with one attached hydrogen (secondary N) is 1. The van der Waals surface area contributed by atoms with Gasteiger partial charge >= 0.3 is 0 Å². The van der Waals surface area contributed by atoms with E-state index >= 15 is 0 Å². The number of carbonyl (C=O) groups is 1. The van der Waals surface area contributed by atoms with E-state index in [1.165, 1.54) is 5.56 Å². The Morgan fingerprint density at radius 3 is 2.35 bits per heavy atom. The lowest BCUT2D eigenvalue weighted by atomic mass is 9.96. The lowest BCUT2D eigenvalue weighted by Gasteiger charge is -2.16. The molecule has 2 atom stereocenters. The van der Waals surface area contributed by atoms with Crippen LogP contribution in [-0.2, 0) is 6.42 Å². The summed E-state index contributed by atoms with van der Waals surface area (Å²) in [6, 6.07) is 8.41. The SMILES string of the molecule is CCc1noc(C)c1C(=O)N[C@@H](C)c1ccc([C@H](C)CC)cc1. The minimum atomic E-state index is -0.126. The van der Waals surface area contributed by atoms with Crippen molar-refractivity contribution < 1.29 is 9.32 Å². The van der Waals surface area contributed by atoms with Gasteiger partial charge < -0.3 is 9.84 Å². The number of rotatable bonds is 6. The Labute approximate surface area is 138 Å². The molecule has 1 heterocycles. The molecule has 0 unspecified atom stereocenters. The molecule has 1 N–H and O–H groups in total. The van der Waals surface area contributed by atoms with Crippen LogP contribution in [0.15, 0.2) is 28.8 Å². The zero-order valence-electron chi connectivity index (χ0n) is 14.6. The Kier molecular flexibility index (Phi) is 5.59. The van der Waals surface area contributed by atoms with Crippen LogP contribution < -0.4 is 5.32 Å². The van der Waals surface area contributed by atoms with Crippen molar-refractivity contribution in [3.8, 4) is 0 Å². The maximum absolute atomic E-state index is 12.5. The van der Waals surface area contributed by atoms with Crippen LogP contribution in [0.25, 0.3) is 0 Å². The number of amides is 1. The Morgan fingerprint density at radius 2 is 1.78 bits per heavy atom. The Balaban J connectivity index is 2.10. The highest BCUT2D eigenvalue weighted by molar-refractivity contribution is 5.96. The minimum absolute atomic E-state index is 0.0625. The van der Waals surface area contributed by atoms with Gasteiger partial charge in [-0.3, -0.25) is 4.79 Å². The summed E-state index contributed by atoms with van der Waals surface area (Å²) < 4.78 is 5.14. The molecule has 1 aromatic heterocycles. The molecule has 2 rings (SSSR count). The number of benzene rings is 1. The van der Waals surface area contributed by atoms with Gasteiger partial charge in [0.15, 0.2) is 0 Å². The first kappa shape index (κ1) is 17.3. The number of aryl methyl sites for hydroxylation is 2. The van der Waals surface area contributed by atoms with Crippen molar-refractivity contribution in [2.75, 3.05) is 0 Å². The molecule has 0 spiro atoms. The van der Waals surface area contributed by atoms with Gasteiger partial charge in [-0.25, -0.2) is 0 Å². The molecule has 23 heavy (non-hydrogen) atoms. The highest BCUT2D eigenvalue weighted by atomic mass is 16.5. The highest BCUT2D eigenvalue weighted by Gasteiger charge is 2.21. The molecule has 0 radical (unpaired) electrons. The fourth-order valence-corrected chi connectivity index (χ4v) is 2.65. The van der Waals surface area contributed by atoms with Gasteiger partial charge in [-0.05, 0) is 43.7 Å². The van der Waals surface area contributed by atoms with Crippen molar-refractivity contribution in [2.24, 2.45) is 0 Å². The number of aromatic nitrogens is 1. The maximum atomic E-state index is 12.5. The van der Waals surface area contributed by atoms with Crippen molar-refractivity contribution in [2.45, 2.75) is 59.4 Å². The average molecular weight is 314 g/mol. The van der Waals surface area contributed by atoms with Crippen LogP contribution in [0.4, 0.5) is 0 Å². The molecule has 0 saturated heterocycles. The van der Waals surface area contributed by atoms with E-state index in [1.807, 2.05) is 13.8 Å². The van der Waals surface area contributed by atoms with E-state index in [4.69, 9.17) is 4.52 Å². The summed E-state index contributed by atoms with van der Waals surface area (Å²) in [4.78, 5) is 12.5. The Hall–Kier alpha value is -2.10. The van der Waals surface area contributed by atoms with Gasteiger partial charge in [0.1, 0.15) is 11.3 Å². The molecule has 0 fully saturated rings. The lowest BCUT2D eigenvalue weighted by Crippen LogP contribution is -2.27. The van der Waals surface area contributed by atoms with Crippen molar-refractivity contribution in [3.05, 3.63) is 52.4 Å². The van der Waals surface area contributed by atoms with E-state index < -0.39 is 0 Å². The van der Waals surface area contributed by atoms with Crippen LogP contribution in [0, 0.1) is 6.92 Å². The topological polar surface area (TPSA) is 55.1 Å². The molecule has 2 aromatic rings. The molecule has 1 amide bonds. The van der Waals surface area contributed by atoms with E-state index in [0.29, 0.717) is 29.4 Å². The largest absolute Gasteiger partial charge is 0.361 e. The molecule has 0 bridgehead atoms. The van der Waals surface area contributed by atoms with E-state index in [2.05, 4.69) is 48.6 Å². The number of hydrogen-bond acceptors (Lipinski definition) is 3. The average Bonchev–Trinajstić information content (AvgIpc) is 2.95. The summed E-state index contributed by atoms with van der Waals surface area (Å²) in [5.74, 6) is 0.999. The second kappa shape index (κ2) is 7.44.